The van der Waals surface area contributed by atoms with E-state index < -0.39 is 0 Å². The standard InChI is InChI=1S/C19H18FN3/c1-13-17(3-2-10-21-13)19-18(15-6-8-16(20)9-7-15)22-12-23(19)11-14-4-5-14/h2-3,6-10,12,14H,4-5,11H2,1H3. The zero-order chi connectivity index (χ0) is 15.8. The molecule has 0 saturated heterocycles. The first-order chi connectivity index (χ1) is 11.2. The van der Waals surface area contributed by atoms with E-state index in [1.54, 1.807) is 18.3 Å². The molecule has 1 aliphatic carbocycles. The summed E-state index contributed by atoms with van der Waals surface area (Å²) in [4.78, 5) is 9.05. The number of hydrogen-bond donors (Lipinski definition) is 0. The number of halogens is 1. The molecule has 1 aliphatic rings. The number of imidazole rings is 1. The second-order valence-corrected chi connectivity index (χ2v) is 6.18. The maximum Gasteiger partial charge on any atom is 0.123 e. The molecular weight excluding hydrogens is 289 g/mol. The highest BCUT2D eigenvalue weighted by Crippen LogP contribution is 2.36. The maximum absolute atomic E-state index is 13.2. The minimum absolute atomic E-state index is 0.231. The zero-order valence-corrected chi connectivity index (χ0v) is 13.0. The van der Waals surface area contributed by atoms with Crippen LogP contribution in [0.5, 0.6) is 0 Å². The van der Waals surface area contributed by atoms with Crippen LogP contribution >= 0.6 is 0 Å². The summed E-state index contributed by atoms with van der Waals surface area (Å²) in [5, 5.41) is 0. The molecule has 23 heavy (non-hydrogen) atoms. The molecule has 2 heterocycles. The van der Waals surface area contributed by atoms with Gasteiger partial charge in [0.25, 0.3) is 0 Å². The van der Waals surface area contributed by atoms with Gasteiger partial charge in [-0.1, -0.05) is 0 Å². The molecule has 0 aliphatic heterocycles. The third-order valence-corrected chi connectivity index (χ3v) is 4.37. The molecule has 116 valence electrons. The van der Waals surface area contributed by atoms with Crippen molar-refractivity contribution in [2.75, 3.05) is 0 Å². The van der Waals surface area contributed by atoms with E-state index in [0.29, 0.717) is 0 Å². The summed E-state index contributed by atoms with van der Waals surface area (Å²) in [5.74, 6) is 0.520. The molecule has 1 aromatic carbocycles. The van der Waals surface area contributed by atoms with Gasteiger partial charge in [0.15, 0.2) is 0 Å². The van der Waals surface area contributed by atoms with Crippen molar-refractivity contribution in [2.45, 2.75) is 26.3 Å². The average Bonchev–Trinajstić information content (AvgIpc) is 3.28. The van der Waals surface area contributed by atoms with Crippen LogP contribution in [0, 0.1) is 18.7 Å². The molecule has 2 aromatic heterocycles. The topological polar surface area (TPSA) is 30.7 Å². The van der Waals surface area contributed by atoms with Crippen LogP contribution in [0.4, 0.5) is 4.39 Å². The first-order valence-corrected chi connectivity index (χ1v) is 7.95. The van der Waals surface area contributed by atoms with Gasteiger partial charge in [0.2, 0.25) is 0 Å². The van der Waals surface area contributed by atoms with Crippen LogP contribution in [0.3, 0.4) is 0 Å². The van der Waals surface area contributed by atoms with E-state index in [1.807, 2.05) is 19.3 Å². The maximum atomic E-state index is 13.2. The largest absolute Gasteiger partial charge is 0.330 e. The van der Waals surface area contributed by atoms with Crippen molar-refractivity contribution in [2.24, 2.45) is 5.92 Å². The summed E-state index contributed by atoms with van der Waals surface area (Å²) in [6.45, 7) is 3.00. The van der Waals surface area contributed by atoms with Crippen molar-refractivity contribution in [1.29, 1.82) is 0 Å². The molecule has 1 fully saturated rings. The van der Waals surface area contributed by atoms with Crippen molar-refractivity contribution in [3.8, 4) is 22.5 Å². The molecule has 4 rings (SSSR count). The SMILES string of the molecule is Cc1ncccc1-c1c(-c2ccc(F)cc2)ncn1CC1CC1. The summed E-state index contributed by atoms with van der Waals surface area (Å²) >= 11 is 0. The lowest BCUT2D eigenvalue weighted by atomic mass is 10.0. The van der Waals surface area contributed by atoms with Gasteiger partial charge in [0.05, 0.1) is 17.7 Å². The Kier molecular flexibility index (Phi) is 3.45. The zero-order valence-electron chi connectivity index (χ0n) is 13.0. The van der Waals surface area contributed by atoms with E-state index in [2.05, 4.69) is 20.6 Å². The quantitative estimate of drug-likeness (QED) is 0.712. The third-order valence-electron chi connectivity index (χ3n) is 4.37. The molecule has 1 saturated carbocycles. The molecular formula is C19H18FN3. The van der Waals surface area contributed by atoms with E-state index in [-0.39, 0.29) is 5.82 Å². The van der Waals surface area contributed by atoms with Gasteiger partial charge in [-0.15, -0.1) is 0 Å². The molecule has 0 amide bonds. The van der Waals surface area contributed by atoms with Gasteiger partial charge in [-0.3, -0.25) is 4.98 Å². The van der Waals surface area contributed by atoms with E-state index in [4.69, 9.17) is 0 Å². The van der Waals surface area contributed by atoms with Crippen LogP contribution in [-0.4, -0.2) is 14.5 Å². The lowest BCUT2D eigenvalue weighted by Gasteiger charge is -2.12. The molecule has 3 nitrogen and oxygen atoms in total. The Bertz CT molecular complexity index is 832. The fraction of sp³-hybridized carbons (Fsp3) is 0.263. The smallest absolute Gasteiger partial charge is 0.123 e. The fourth-order valence-electron chi connectivity index (χ4n) is 2.94. The summed E-state index contributed by atoms with van der Waals surface area (Å²) in [6.07, 6.45) is 6.28. The third kappa shape index (κ3) is 2.77. The molecule has 0 N–H and O–H groups in total. The highest BCUT2D eigenvalue weighted by molar-refractivity contribution is 5.79. The first kappa shape index (κ1) is 14.1. The Morgan fingerprint density at radius 3 is 2.61 bits per heavy atom. The fourth-order valence-corrected chi connectivity index (χ4v) is 2.94. The lowest BCUT2D eigenvalue weighted by molar-refractivity contribution is 0.628. The van der Waals surface area contributed by atoms with Crippen molar-refractivity contribution in [3.63, 3.8) is 0 Å². The van der Waals surface area contributed by atoms with Crippen LogP contribution in [0.2, 0.25) is 0 Å². The normalized spacial score (nSPS) is 14.2. The van der Waals surface area contributed by atoms with Crippen molar-refractivity contribution < 1.29 is 4.39 Å². The van der Waals surface area contributed by atoms with Crippen molar-refractivity contribution in [3.05, 3.63) is 60.4 Å². The van der Waals surface area contributed by atoms with Gasteiger partial charge >= 0.3 is 0 Å². The van der Waals surface area contributed by atoms with Gasteiger partial charge in [-0.2, -0.15) is 0 Å². The molecule has 4 heteroatoms. The van der Waals surface area contributed by atoms with E-state index in [1.165, 1.54) is 25.0 Å². The number of hydrogen-bond acceptors (Lipinski definition) is 2. The summed E-state index contributed by atoms with van der Waals surface area (Å²) in [5.41, 5.74) is 4.97. The van der Waals surface area contributed by atoms with Gasteiger partial charge in [-0.25, -0.2) is 9.37 Å². The summed E-state index contributed by atoms with van der Waals surface area (Å²) in [6, 6.07) is 10.6. The number of nitrogens with zero attached hydrogens (tertiary/aromatic N) is 3. The minimum atomic E-state index is -0.231. The summed E-state index contributed by atoms with van der Waals surface area (Å²) < 4.78 is 15.5. The second kappa shape index (κ2) is 5.61. The number of rotatable bonds is 4. The predicted octanol–water partition coefficient (Wildman–Crippen LogP) is 4.47. The average molecular weight is 307 g/mol. The number of benzene rings is 1. The van der Waals surface area contributed by atoms with E-state index in [0.717, 1.165) is 40.7 Å². The Morgan fingerprint density at radius 1 is 1.13 bits per heavy atom. The van der Waals surface area contributed by atoms with Gasteiger partial charge in [0, 0.05) is 29.6 Å². The van der Waals surface area contributed by atoms with Crippen molar-refractivity contribution >= 4 is 0 Å². The number of aryl methyl sites for hydroxylation is 1. The van der Waals surface area contributed by atoms with Gasteiger partial charge in [-0.05, 0) is 62.1 Å². The van der Waals surface area contributed by atoms with Gasteiger partial charge in [0.1, 0.15) is 5.82 Å². The van der Waals surface area contributed by atoms with E-state index in [9.17, 15) is 4.39 Å². The highest BCUT2D eigenvalue weighted by atomic mass is 19.1. The number of pyridine rings is 1. The molecule has 0 radical (unpaired) electrons. The Labute approximate surface area is 134 Å². The monoisotopic (exact) mass is 307 g/mol. The molecule has 0 spiro atoms. The Morgan fingerprint density at radius 2 is 1.91 bits per heavy atom. The lowest BCUT2D eigenvalue weighted by Crippen LogP contribution is -2.02. The van der Waals surface area contributed by atoms with Crippen LogP contribution in [0.25, 0.3) is 22.5 Å². The Hall–Kier alpha value is -2.49. The molecule has 0 unspecified atom stereocenters. The molecule has 0 bridgehead atoms. The van der Waals surface area contributed by atoms with Gasteiger partial charge < -0.3 is 4.57 Å². The molecule has 3 aromatic rings. The molecule has 0 atom stereocenters. The van der Waals surface area contributed by atoms with Crippen LogP contribution in [0.1, 0.15) is 18.5 Å². The van der Waals surface area contributed by atoms with Crippen LogP contribution in [0.15, 0.2) is 48.9 Å². The van der Waals surface area contributed by atoms with E-state index >= 15 is 0 Å². The number of aromatic nitrogens is 3. The van der Waals surface area contributed by atoms with Crippen molar-refractivity contribution in [1.82, 2.24) is 14.5 Å². The van der Waals surface area contributed by atoms with Crippen LogP contribution < -0.4 is 0 Å². The first-order valence-electron chi connectivity index (χ1n) is 7.95. The highest BCUT2D eigenvalue weighted by Gasteiger charge is 2.25. The Balaban J connectivity index is 1.87. The van der Waals surface area contributed by atoms with Crippen LogP contribution in [-0.2, 0) is 6.54 Å². The second-order valence-electron chi connectivity index (χ2n) is 6.18. The summed E-state index contributed by atoms with van der Waals surface area (Å²) in [7, 11) is 0. The minimum Gasteiger partial charge on any atom is -0.330 e. The predicted molar refractivity (Wildman–Crippen MR) is 88.3 cm³/mol.